The molecule has 0 spiro atoms. The Morgan fingerprint density at radius 1 is 1.24 bits per heavy atom. The van der Waals surface area contributed by atoms with Gasteiger partial charge in [-0.2, -0.15) is 0 Å². The molecule has 0 amide bonds. The average molecular weight is 342 g/mol. The van der Waals surface area contributed by atoms with Crippen LogP contribution < -0.4 is 10.1 Å². The maximum absolute atomic E-state index is 10.9. The summed E-state index contributed by atoms with van der Waals surface area (Å²) in [5, 5.41) is 12.3. The van der Waals surface area contributed by atoms with E-state index in [1.807, 2.05) is 24.3 Å². The van der Waals surface area contributed by atoms with E-state index < -0.39 is 5.97 Å². The Labute approximate surface area is 146 Å². The van der Waals surface area contributed by atoms with Crippen LogP contribution in [0.25, 0.3) is 0 Å². The fourth-order valence-electron chi connectivity index (χ4n) is 2.99. The summed E-state index contributed by atoms with van der Waals surface area (Å²) in [5.74, 6) is 0.294. The standard InChI is InChI=1S/C18H22N4O3/c1-25-14-6-4-13(5-7-14)16(12-22-8-2-3-9-22)21-17-11-19-15(10-20-17)18(23)24/h4-7,10-11,16H,2-3,8-9,12H2,1H3,(H,20,21)(H,23,24). The van der Waals surface area contributed by atoms with E-state index in [1.165, 1.54) is 25.2 Å². The van der Waals surface area contributed by atoms with Crippen LogP contribution in [0.3, 0.4) is 0 Å². The van der Waals surface area contributed by atoms with Gasteiger partial charge in [0, 0.05) is 6.54 Å². The molecule has 132 valence electrons. The van der Waals surface area contributed by atoms with Gasteiger partial charge in [0.15, 0.2) is 5.69 Å². The third-order valence-electron chi connectivity index (χ3n) is 4.35. The molecule has 0 bridgehead atoms. The lowest BCUT2D eigenvalue weighted by Gasteiger charge is -2.25. The first-order valence-electron chi connectivity index (χ1n) is 8.34. The topological polar surface area (TPSA) is 87.6 Å². The summed E-state index contributed by atoms with van der Waals surface area (Å²) in [6.07, 6.45) is 5.18. The Morgan fingerprint density at radius 3 is 2.52 bits per heavy atom. The number of aromatic carboxylic acids is 1. The van der Waals surface area contributed by atoms with Gasteiger partial charge >= 0.3 is 5.97 Å². The highest BCUT2D eigenvalue weighted by Crippen LogP contribution is 2.23. The number of carbonyl (C=O) groups is 1. The van der Waals surface area contributed by atoms with Gasteiger partial charge < -0.3 is 20.1 Å². The number of benzene rings is 1. The zero-order chi connectivity index (χ0) is 17.6. The van der Waals surface area contributed by atoms with Gasteiger partial charge in [-0.25, -0.2) is 14.8 Å². The molecule has 1 aliphatic rings. The molecule has 1 aliphatic heterocycles. The second kappa shape index (κ2) is 7.94. The van der Waals surface area contributed by atoms with Crippen molar-refractivity contribution in [2.24, 2.45) is 0 Å². The largest absolute Gasteiger partial charge is 0.497 e. The molecule has 1 aromatic heterocycles. The van der Waals surface area contributed by atoms with Gasteiger partial charge in [0.25, 0.3) is 0 Å². The molecular weight excluding hydrogens is 320 g/mol. The third kappa shape index (κ3) is 4.45. The molecule has 7 heteroatoms. The number of ether oxygens (including phenoxy) is 1. The van der Waals surface area contributed by atoms with Crippen LogP contribution in [0.2, 0.25) is 0 Å². The van der Waals surface area contributed by atoms with Crippen molar-refractivity contribution in [1.29, 1.82) is 0 Å². The zero-order valence-electron chi connectivity index (χ0n) is 14.2. The molecule has 0 saturated carbocycles. The van der Waals surface area contributed by atoms with Gasteiger partial charge in [-0.1, -0.05) is 12.1 Å². The first-order valence-corrected chi connectivity index (χ1v) is 8.34. The van der Waals surface area contributed by atoms with Crippen molar-refractivity contribution in [1.82, 2.24) is 14.9 Å². The van der Waals surface area contributed by atoms with Gasteiger partial charge in [0.05, 0.1) is 25.5 Å². The molecule has 0 radical (unpaired) electrons. The van der Waals surface area contributed by atoms with Crippen molar-refractivity contribution < 1.29 is 14.6 Å². The Balaban J connectivity index is 1.77. The number of carboxylic acids is 1. The van der Waals surface area contributed by atoms with Crippen molar-refractivity contribution >= 4 is 11.8 Å². The minimum Gasteiger partial charge on any atom is -0.497 e. The predicted octanol–water partition coefficient (Wildman–Crippen LogP) is 2.43. The number of hydrogen-bond acceptors (Lipinski definition) is 6. The van der Waals surface area contributed by atoms with Crippen molar-refractivity contribution in [2.75, 3.05) is 32.1 Å². The minimum absolute atomic E-state index is 0.0361. The van der Waals surface area contributed by atoms with Crippen LogP contribution in [0.15, 0.2) is 36.7 Å². The Hall–Kier alpha value is -2.67. The number of methoxy groups -OCH3 is 1. The Bertz CT molecular complexity index is 697. The molecule has 2 heterocycles. The average Bonchev–Trinajstić information content (AvgIpc) is 3.15. The Morgan fingerprint density at radius 2 is 1.96 bits per heavy atom. The van der Waals surface area contributed by atoms with Crippen LogP contribution in [-0.4, -0.2) is 52.7 Å². The van der Waals surface area contributed by atoms with Gasteiger partial charge in [-0.3, -0.25) is 0 Å². The fourth-order valence-corrected chi connectivity index (χ4v) is 2.99. The number of hydrogen-bond donors (Lipinski definition) is 2. The summed E-state index contributed by atoms with van der Waals surface area (Å²) in [6, 6.07) is 7.98. The van der Waals surface area contributed by atoms with Crippen LogP contribution in [0.4, 0.5) is 5.82 Å². The summed E-state index contributed by atoms with van der Waals surface area (Å²) >= 11 is 0. The molecule has 1 fully saturated rings. The van der Waals surface area contributed by atoms with E-state index in [-0.39, 0.29) is 11.7 Å². The Kier molecular flexibility index (Phi) is 5.45. The molecule has 1 saturated heterocycles. The smallest absolute Gasteiger partial charge is 0.356 e. The summed E-state index contributed by atoms with van der Waals surface area (Å²) in [6.45, 7) is 3.05. The number of aromatic nitrogens is 2. The molecule has 0 aliphatic carbocycles. The lowest BCUT2D eigenvalue weighted by atomic mass is 10.1. The van der Waals surface area contributed by atoms with Crippen molar-refractivity contribution in [2.45, 2.75) is 18.9 Å². The summed E-state index contributed by atoms with van der Waals surface area (Å²) in [7, 11) is 1.65. The lowest BCUT2D eigenvalue weighted by molar-refractivity contribution is 0.0690. The highest BCUT2D eigenvalue weighted by atomic mass is 16.5. The van der Waals surface area contributed by atoms with Crippen LogP contribution in [0.5, 0.6) is 5.75 Å². The molecule has 25 heavy (non-hydrogen) atoms. The van der Waals surface area contributed by atoms with E-state index in [4.69, 9.17) is 9.84 Å². The summed E-state index contributed by atoms with van der Waals surface area (Å²) in [5.41, 5.74) is 1.06. The molecule has 2 aromatic rings. The highest BCUT2D eigenvalue weighted by Gasteiger charge is 2.20. The number of likely N-dealkylation sites (tertiary alicyclic amines) is 1. The SMILES string of the molecule is COc1ccc(C(CN2CCCC2)Nc2cnc(C(=O)O)cn2)cc1. The van der Waals surface area contributed by atoms with E-state index in [1.54, 1.807) is 7.11 Å². The van der Waals surface area contributed by atoms with E-state index in [0.717, 1.165) is 30.9 Å². The normalized spacial score (nSPS) is 15.7. The molecule has 7 nitrogen and oxygen atoms in total. The molecular formula is C18H22N4O3. The van der Waals surface area contributed by atoms with Crippen LogP contribution in [-0.2, 0) is 0 Å². The predicted molar refractivity (Wildman–Crippen MR) is 94.0 cm³/mol. The zero-order valence-corrected chi connectivity index (χ0v) is 14.2. The quantitative estimate of drug-likeness (QED) is 0.799. The number of nitrogens with one attached hydrogen (secondary N) is 1. The number of rotatable bonds is 7. The van der Waals surface area contributed by atoms with Crippen molar-refractivity contribution in [3.8, 4) is 5.75 Å². The van der Waals surface area contributed by atoms with Crippen LogP contribution >= 0.6 is 0 Å². The highest BCUT2D eigenvalue weighted by molar-refractivity contribution is 5.84. The third-order valence-corrected chi connectivity index (χ3v) is 4.35. The van der Waals surface area contributed by atoms with Crippen LogP contribution in [0, 0.1) is 0 Å². The van der Waals surface area contributed by atoms with Crippen molar-refractivity contribution in [3.63, 3.8) is 0 Å². The first-order chi connectivity index (χ1) is 12.2. The first kappa shape index (κ1) is 17.2. The molecule has 2 N–H and O–H groups in total. The summed E-state index contributed by atoms with van der Waals surface area (Å²) in [4.78, 5) is 21.4. The second-order valence-electron chi connectivity index (χ2n) is 6.07. The van der Waals surface area contributed by atoms with E-state index >= 15 is 0 Å². The van der Waals surface area contributed by atoms with Gasteiger partial charge in [0.1, 0.15) is 11.6 Å². The number of anilines is 1. The van der Waals surface area contributed by atoms with Crippen LogP contribution in [0.1, 0.15) is 34.9 Å². The fraction of sp³-hybridized carbons (Fsp3) is 0.389. The summed E-state index contributed by atoms with van der Waals surface area (Å²) < 4.78 is 5.23. The van der Waals surface area contributed by atoms with Gasteiger partial charge in [-0.15, -0.1) is 0 Å². The van der Waals surface area contributed by atoms with Gasteiger partial charge in [0.2, 0.25) is 0 Å². The maximum Gasteiger partial charge on any atom is 0.356 e. The molecule has 1 atom stereocenters. The lowest BCUT2D eigenvalue weighted by Crippen LogP contribution is -2.29. The maximum atomic E-state index is 10.9. The van der Waals surface area contributed by atoms with E-state index in [9.17, 15) is 4.79 Å². The molecule has 1 aromatic carbocycles. The van der Waals surface area contributed by atoms with E-state index in [2.05, 4.69) is 20.2 Å². The second-order valence-corrected chi connectivity index (χ2v) is 6.07. The van der Waals surface area contributed by atoms with E-state index in [0.29, 0.717) is 5.82 Å². The minimum atomic E-state index is -1.08. The number of carboxylic acid groups (broad SMARTS) is 1. The number of nitrogens with zero attached hydrogens (tertiary/aromatic N) is 3. The van der Waals surface area contributed by atoms with Crippen molar-refractivity contribution in [3.05, 3.63) is 47.9 Å². The molecule has 1 unspecified atom stereocenters. The van der Waals surface area contributed by atoms with Gasteiger partial charge in [-0.05, 0) is 43.6 Å². The molecule has 3 rings (SSSR count). The monoisotopic (exact) mass is 342 g/mol.